The third-order valence-corrected chi connectivity index (χ3v) is 2.42. The highest BCUT2D eigenvalue weighted by atomic mass is 16.6. The Hall–Kier alpha value is -2.37. The minimum Gasteiger partial charge on any atom is -0.426 e. The molecule has 0 unspecified atom stereocenters. The van der Waals surface area contributed by atoms with Crippen LogP contribution >= 0.6 is 0 Å². The fraction of sp³-hybridized carbons (Fsp3) is 0.400. The Labute approximate surface area is 123 Å². The predicted molar refractivity (Wildman–Crippen MR) is 74.5 cm³/mol. The van der Waals surface area contributed by atoms with Gasteiger partial charge >= 0.3 is 17.9 Å². The maximum absolute atomic E-state index is 11.2. The van der Waals surface area contributed by atoms with Crippen LogP contribution in [0.2, 0.25) is 0 Å². The summed E-state index contributed by atoms with van der Waals surface area (Å²) < 4.78 is 15.2. The number of esters is 3. The van der Waals surface area contributed by atoms with Crippen molar-refractivity contribution in [3.63, 3.8) is 0 Å². The highest BCUT2D eigenvalue weighted by Crippen LogP contribution is 2.39. The fourth-order valence-corrected chi connectivity index (χ4v) is 1.85. The van der Waals surface area contributed by atoms with Crippen molar-refractivity contribution >= 4 is 17.9 Å². The standard InChI is InChI=1S/C15H18O6/c1-8(2)15-13(20-10(4)17)6-12(19-9(3)16)7-14(15)21-11(5)18/h6-8H,1-5H3. The first-order valence-electron chi connectivity index (χ1n) is 6.44. The molecule has 0 bridgehead atoms. The quantitative estimate of drug-likeness (QED) is 0.627. The number of carbonyl (C=O) groups excluding carboxylic acids is 3. The van der Waals surface area contributed by atoms with Gasteiger partial charge in [0.15, 0.2) is 0 Å². The maximum Gasteiger partial charge on any atom is 0.308 e. The second-order valence-electron chi connectivity index (χ2n) is 4.77. The molecule has 0 saturated heterocycles. The molecule has 0 aliphatic rings. The van der Waals surface area contributed by atoms with Gasteiger partial charge in [-0.1, -0.05) is 13.8 Å². The summed E-state index contributed by atoms with van der Waals surface area (Å²) in [6.45, 7) is 7.48. The van der Waals surface area contributed by atoms with Crippen molar-refractivity contribution in [1.82, 2.24) is 0 Å². The Kier molecular flexibility index (Phi) is 5.46. The number of ether oxygens (including phenoxy) is 3. The van der Waals surface area contributed by atoms with Gasteiger partial charge in [-0.15, -0.1) is 0 Å². The summed E-state index contributed by atoms with van der Waals surface area (Å²) in [5.41, 5.74) is 0.552. The molecule has 0 fully saturated rings. The molecule has 1 aromatic rings. The fourth-order valence-electron chi connectivity index (χ4n) is 1.85. The van der Waals surface area contributed by atoms with Gasteiger partial charge in [0.05, 0.1) is 0 Å². The van der Waals surface area contributed by atoms with Crippen LogP contribution in [0.15, 0.2) is 12.1 Å². The lowest BCUT2D eigenvalue weighted by atomic mass is 10.0. The molecule has 0 aliphatic heterocycles. The van der Waals surface area contributed by atoms with Gasteiger partial charge in [-0.2, -0.15) is 0 Å². The molecule has 0 N–H and O–H groups in total. The molecule has 0 amide bonds. The van der Waals surface area contributed by atoms with Gasteiger partial charge in [-0.25, -0.2) is 0 Å². The minimum absolute atomic E-state index is 0.0694. The van der Waals surface area contributed by atoms with E-state index in [9.17, 15) is 14.4 Å². The topological polar surface area (TPSA) is 78.9 Å². The zero-order chi connectivity index (χ0) is 16.2. The molecule has 0 aromatic heterocycles. The highest BCUT2D eigenvalue weighted by Gasteiger charge is 2.20. The number of rotatable bonds is 4. The molecule has 0 spiro atoms. The lowest BCUT2D eigenvalue weighted by molar-refractivity contribution is -0.132. The van der Waals surface area contributed by atoms with Crippen LogP contribution in [0, 0.1) is 0 Å². The van der Waals surface area contributed by atoms with Gasteiger partial charge < -0.3 is 14.2 Å². The monoisotopic (exact) mass is 294 g/mol. The van der Waals surface area contributed by atoms with Crippen LogP contribution in [-0.4, -0.2) is 17.9 Å². The van der Waals surface area contributed by atoms with Crippen molar-refractivity contribution in [3.8, 4) is 17.2 Å². The van der Waals surface area contributed by atoms with Gasteiger partial charge in [-0.3, -0.25) is 14.4 Å². The lowest BCUT2D eigenvalue weighted by Crippen LogP contribution is -2.10. The summed E-state index contributed by atoms with van der Waals surface area (Å²) in [5.74, 6) is -1.11. The number of hydrogen-bond donors (Lipinski definition) is 0. The van der Waals surface area contributed by atoms with Gasteiger partial charge in [0, 0.05) is 38.5 Å². The molecule has 21 heavy (non-hydrogen) atoms. The number of hydrogen-bond acceptors (Lipinski definition) is 6. The minimum atomic E-state index is -0.533. The van der Waals surface area contributed by atoms with Crippen LogP contribution < -0.4 is 14.2 Å². The second-order valence-corrected chi connectivity index (χ2v) is 4.77. The SMILES string of the molecule is CC(=O)Oc1cc(OC(C)=O)c(C(C)C)c(OC(C)=O)c1. The second kappa shape index (κ2) is 6.88. The average Bonchev–Trinajstić information content (AvgIpc) is 2.24. The van der Waals surface area contributed by atoms with E-state index in [0.29, 0.717) is 5.56 Å². The van der Waals surface area contributed by atoms with E-state index in [1.54, 1.807) is 0 Å². The molecular formula is C15H18O6. The van der Waals surface area contributed by atoms with Crippen LogP contribution in [-0.2, 0) is 14.4 Å². The van der Waals surface area contributed by atoms with Gasteiger partial charge in [-0.05, 0) is 5.92 Å². The van der Waals surface area contributed by atoms with Crippen LogP contribution in [0.3, 0.4) is 0 Å². The number of carbonyl (C=O) groups is 3. The van der Waals surface area contributed by atoms with Gasteiger partial charge in [0.1, 0.15) is 17.2 Å². The van der Waals surface area contributed by atoms with E-state index in [1.165, 1.54) is 32.9 Å². The summed E-state index contributed by atoms with van der Waals surface area (Å²) in [4.78, 5) is 33.5. The van der Waals surface area contributed by atoms with E-state index in [1.807, 2.05) is 13.8 Å². The van der Waals surface area contributed by atoms with Crippen molar-refractivity contribution in [3.05, 3.63) is 17.7 Å². The zero-order valence-electron chi connectivity index (χ0n) is 12.7. The molecular weight excluding hydrogens is 276 g/mol. The van der Waals surface area contributed by atoms with Crippen molar-refractivity contribution in [2.75, 3.05) is 0 Å². The first kappa shape index (κ1) is 16.7. The molecule has 0 heterocycles. The summed E-state index contributed by atoms with van der Waals surface area (Å²) in [7, 11) is 0. The molecule has 1 aromatic carbocycles. The Bertz CT molecular complexity index is 537. The van der Waals surface area contributed by atoms with Crippen molar-refractivity contribution in [2.45, 2.75) is 40.5 Å². The van der Waals surface area contributed by atoms with E-state index in [0.717, 1.165) is 0 Å². The Balaban J connectivity index is 3.44. The lowest BCUT2D eigenvalue weighted by Gasteiger charge is -2.17. The summed E-state index contributed by atoms with van der Waals surface area (Å²) in [6.07, 6.45) is 0. The van der Waals surface area contributed by atoms with Crippen molar-refractivity contribution in [1.29, 1.82) is 0 Å². The third-order valence-electron chi connectivity index (χ3n) is 2.42. The van der Waals surface area contributed by atoms with Gasteiger partial charge in [0.2, 0.25) is 0 Å². The molecule has 0 radical (unpaired) electrons. The molecule has 0 saturated carbocycles. The summed E-state index contributed by atoms with van der Waals surface area (Å²) in [6, 6.07) is 2.84. The first-order valence-corrected chi connectivity index (χ1v) is 6.44. The zero-order valence-corrected chi connectivity index (χ0v) is 12.7. The smallest absolute Gasteiger partial charge is 0.308 e. The Morgan fingerprint density at radius 2 is 1.19 bits per heavy atom. The molecule has 114 valence electrons. The van der Waals surface area contributed by atoms with E-state index >= 15 is 0 Å². The van der Waals surface area contributed by atoms with E-state index in [-0.39, 0.29) is 23.2 Å². The van der Waals surface area contributed by atoms with Crippen LogP contribution in [0.5, 0.6) is 17.2 Å². The predicted octanol–water partition coefficient (Wildman–Crippen LogP) is 2.59. The van der Waals surface area contributed by atoms with Crippen LogP contribution in [0.25, 0.3) is 0 Å². The molecule has 0 aliphatic carbocycles. The molecule has 1 rings (SSSR count). The Morgan fingerprint density at radius 3 is 1.48 bits per heavy atom. The van der Waals surface area contributed by atoms with Gasteiger partial charge in [0.25, 0.3) is 0 Å². The largest absolute Gasteiger partial charge is 0.426 e. The average molecular weight is 294 g/mol. The molecule has 6 nitrogen and oxygen atoms in total. The van der Waals surface area contributed by atoms with Crippen molar-refractivity contribution < 1.29 is 28.6 Å². The summed E-state index contributed by atoms with van der Waals surface area (Å²) in [5, 5.41) is 0. The van der Waals surface area contributed by atoms with Crippen LogP contribution in [0.4, 0.5) is 0 Å². The van der Waals surface area contributed by atoms with E-state index in [2.05, 4.69) is 0 Å². The molecule has 6 heteroatoms. The molecule has 0 atom stereocenters. The number of benzene rings is 1. The first-order chi connectivity index (χ1) is 9.70. The maximum atomic E-state index is 11.2. The van der Waals surface area contributed by atoms with E-state index in [4.69, 9.17) is 14.2 Å². The Morgan fingerprint density at radius 1 is 0.810 bits per heavy atom. The summed E-state index contributed by atoms with van der Waals surface area (Å²) >= 11 is 0. The highest BCUT2D eigenvalue weighted by molar-refractivity contribution is 5.75. The van der Waals surface area contributed by atoms with Crippen molar-refractivity contribution in [2.24, 2.45) is 0 Å². The normalized spacial score (nSPS) is 10.2. The van der Waals surface area contributed by atoms with Crippen LogP contribution in [0.1, 0.15) is 46.1 Å². The third kappa shape index (κ3) is 4.91. The van der Waals surface area contributed by atoms with E-state index < -0.39 is 17.9 Å².